The first-order valence-electron chi connectivity index (χ1n) is 4.37. The fraction of sp³-hybridized carbons (Fsp3) is 0.375. The number of aromatic nitrogens is 1. The molecule has 1 aromatic rings. The van der Waals surface area contributed by atoms with E-state index >= 15 is 0 Å². The van der Waals surface area contributed by atoms with Crippen LogP contribution in [0.2, 0.25) is 5.02 Å². The molecule has 3 N–H and O–H groups in total. The van der Waals surface area contributed by atoms with Crippen molar-refractivity contribution in [3.05, 3.63) is 17.2 Å². The third-order valence-corrected chi connectivity index (χ3v) is 3.00. The van der Waals surface area contributed by atoms with Gasteiger partial charge in [-0.3, -0.25) is 0 Å². The van der Waals surface area contributed by atoms with Gasteiger partial charge >= 0.3 is 0 Å². The molecule has 8 heteroatoms. The molecule has 1 heterocycles. The molecular weight excluding hydrogens is 254 g/mol. The molecule has 0 aliphatic heterocycles. The molecule has 16 heavy (non-hydrogen) atoms. The van der Waals surface area contributed by atoms with Crippen LogP contribution < -0.4 is 10.0 Å². The lowest BCUT2D eigenvalue weighted by molar-refractivity contribution is 0.304. The van der Waals surface area contributed by atoms with E-state index in [-0.39, 0.29) is 17.5 Å². The van der Waals surface area contributed by atoms with Crippen molar-refractivity contribution in [3.63, 3.8) is 0 Å². The quantitative estimate of drug-likeness (QED) is 0.787. The van der Waals surface area contributed by atoms with Crippen molar-refractivity contribution < 1.29 is 13.5 Å². The summed E-state index contributed by atoms with van der Waals surface area (Å²) >= 11 is 5.86. The predicted molar refractivity (Wildman–Crippen MR) is 61.0 cm³/mol. The van der Waals surface area contributed by atoms with Gasteiger partial charge in [-0.25, -0.2) is 18.5 Å². The van der Waals surface area contributed by atoms with E-state index in [0.717, 1.165) is 0 Å². The van der Waals surface area contributed by atoms with Gasteiger partial charge in [0.25, 0.3) is 10.0 Å². The lowest BCUT2D eigenvalue weighted by atomic mass is 10.4. The lowest BCUT2D eigenvalue weighted by Crippen LogP contribution is -2.24. The van der Waals surface area contributed by atoms with Crippen molar-refractivity contribution in [2.75, 3.05) is 25.1 Å². The number of hydrogen-bond donors (Lipinski definition) is 2. The maximum atomic E-state index is 11.1. The maximum Gasteiger partial charge on any atom is 0.255 e. The highest BCUT2D eigenvalue weighted by Crippen LogP contribution is 2.23. The summed E-state index contributed by atoms with van der Waals surface area (Å²) in [6.45, 7) is 0.203. The van der Waals surface area contributed by atoms with Gasteiger partial charge in [-0.1, -0.05) is 11.6 Å². The Bertz CT molecular complexity index is 477. The zero-order chi connectivity index (χ0) is 12.3. The topological polar surface area (TPSA) is 96.5 Å². The number of rotatable bonds is 4. The Balaban J connectivity index is 3.19. The van der Waals surface area contributed by atoms with E-state index in [1.807, 2.05) is 0 Å². The Labute approximate surface area is 98.7 Å². The van der Waals surface area contributed by atoms with E-state index in [1.54, 1.807) is 7.05 Å². The highest BCUT2D eigenvalue weighted by atomic mass is 35.5. The third kappa shape index (κ3) is 3.05. The van der Waals surface area contributed by atoms with Gasteiger partial charge in [-0.05, 0) is 12.1 Å². The predicted octanol–water partition coefficient (Wildman–Crippen LogP) is -0.189. The molecule has 0 aromatic carbocycles. The van der Waals surface area contributed by atoms with Crippen molar-refractivity contribution in [1.29, 1.82) is 0 Å². The summed E-state index contributed by atoms with van der Waals surface area (Å²) in [4.78, 5) is 5.37. The van der Waals surface area contributed by atoms with Crippen molar-refractivity contribution in [1.82, 2.24) is 4.98 Å². The van der Waals surface area contributed by atoms with E-state index in [1.165, 1.54) is 17.0 Å². The first-order chi connectivity index (χ1) is 7.36. The van der Waals surface area contributed by atoms with Crippen LogP contribution in [-0.4, -0.2) is 38.7 Å². The number of nitrogens with two attached hydrogens (primary N) is 1. The molecule has 0 unspecified atom stereocenters. The second kappa shape index (κ2) is 4.96. The number of primary sulfonamides is 1. The van der Waals surface area contributed by atoms with Gasteiger partial charge in [0.15, 0.2) is 5.03 Å². The second-order valence-electron chi connectivity index (χ2n) is 3.15. The summed E-state index contributed by atoms with van der Waals surface area (Å²) in [6, 6.07) is 2.63. The summed E-state index contributed by atoms with van der Waals surface area (Å²) in [6.07, 6.45) is 0. The number of hydrogen-bond acceptors (Lipinski definition) is 5. The molecule has 0 radical (unpaired) electrons. The summed E-state index contributed by atoms with van der Waals surface area (Å²) in [5, 5.41) is 13.8. The van der Waals surface area contributed by atoms with E-state index in [4.69, 9.17) is 21.8 Å². The van der Waals surface area contributed by atoms with Gasteiger partial charge in [0.1, 0.15) is 5.82 Å². The molecule has 0 bridgehead atoms. The molecule has 0 fully saturated rings. The largest absolute Gasteiger partial charge is 0.395 e. The van der Waals surface area contributed by atoms with E-state index in [9.17, 15) is 8.42 Å². The monoisotopic (exact) mass is 265 g/mol. The van der Waals surface area contributed by atoms with Gasteiger partial charge in [-0.15, -0.1) is 0 Å². The van der Waals surface area contributed by atoms with Crippen LogP contribution >= 0.6 is 11.6 Å². The Morgan fingerprint density at radius 2 is 2.19 bits per heavy atom. The van der Waals surface area contributed by atoms with Gasteiger partial charge < -0.3 is 10.0 Å². The number of halogens is 1. The van der Waals surface area contributed by atoms with Crippen molar-refractivity contribution >= 4 is 27.4 Å². The van der Waals surface area contributed by atoms with Gasteiger partial charge in [0.2, 0.25) is 0 Å². The summed E-state index contributed by atoms with van der Waals surface area (Å²) < 4.78 is 22.2. The molecule has 6 nitrogen and oxygen atoms in total. The van der Waals surface area contributed by atoms with Crippen LogP contribution in [0, 0.1) is 0 Å². The zero-order valence-corrected chi connectivity index (χ0v) is 10.2. The number of likely N-dealkylation sites (N-methyl/N-ethyl adjacent to an activating group) is 1. The molecule has 0 saturated heterocycles. The fourth-order valence-electron chi connectivity index (χ4n) is 1.10. The zero-order valence-electron chi connectivity index (χ0n) is 8.59. The number of anilines is 1. The van der Waals surface area contributed by atoms with Crippen molar-refractivity contribution in [2.24, 2.45) is 5.14 Å². The number of aliphatic hydroxyl groups excluding tert-OH is 1. The molecule has 1 rings (SSSR count). The average molecular weight is 266 g/mol. The summed E-state index contributed by atoms with van der Waals surface area (Å²) in [7, 11) is -2.21. The molecule has 0 aliphatic carbocycles. The van der Waals surface area contributed by atoms with E-state index in [0.29, 0.717) is 11.6 Å². The third-order valence-electron chi connectivity index (χ3n) is 1.89. The van der Waals surface area contributed by atoms with E-state index in [2.05, 4.69) is 4.98 Å². The molecular formula is C8H12ClN3O3S. The van der Waals surface area contributed by atoms with E-state index < -0.39 is 10.0 Å². The smallest absolute Gasteiger partial charge is 0.255 e. The highest BCUT2D eigenvalue weighted by molar-refractivity contribution is 7.89. The number of pyridine rings is 1. The van der Waals surface area contributed by atoms with Crippen LogP contribution in [0.15, 0.2) is 17.2 Å². The molecule has 0 amide bonds. The minimum Gasteiger partial charge on any atom is -0.395 e. The first-order valence-corrected chi connectivity index (χ1v) is 6.30. The second-order valence-corrected chi connectivity index (χ2v) is 5.06. The molecule has 0 saturated carbocycles. The standard InChI is InChI=1S/C8H12ClN3O3S/c1-12(4-5-13)8-6(9)2-3-7(11-8)16(10,14)15/h2-3,13H,4-5H2,1H3,(H2,10,14,15). The van der Waals surface area contributed by atoms with Crippen LogP contribution in [0.1, 0.15) is 0 Å². The van der Waals surface area contributed by atoms with Crippen molar-refractivity contribution in [3.8, 4) is 0 Å². The van der Waals surface area contributed by atoms with Crippen LogP contribution in [0.5, 0.6) is 0 Å². The average Bonchev–Trinajstić information content (AvgIpc) is 2.16. The van der Waals surface area contributed by atoms with Crippen LogP contribution in [0.3, 0.4) is 0 Å². The Morgan fingerprint density at radius 1 is 1.56 bits per heavy atom. The Morgan fingerprint density at radius 3 is 2.69 bits per heavy atom. The summed E-state index contributed by atoms with van der Waals surface area (Å²) in [5.74, 6) is 0.266. The highest BCUT2D eigenvalue weighted by Gasteiger charge is 2.14. The first kappa shape index (κ1) is 13.2. The number of sulfonamides is 1. The molecule has 0 aliphatic rings. The Hall–Kier alpha value is -0.890. The molecule has 90 valence electrons. The summed E-state index contributed by atoms with van der Waals surface area (Å²) in [5.41, 5.74) is 0. The van der Waals surface area contributed by atoms with Crippen LogP contribution in [0.25, 0.3) is 0 Å². The van der Waals surface area contributed by atoms with Gasteiger partial charge in [0.05, 0.1) is 11.6 Å². The van der Waals surface area contributed by atoms with Crippen molar-refractivity contribution in [2.45, 2.75) is 5.03 Å². The Kier molecular flexibility index (Phi) is 4.09. The van der Waals surface area contributed by atoms with Gasteiger partial charge in [0, 0.05) is 13.6 Å². The maximum absolute atomic E-state index is 11.1. The molecule has 0 spiro atoms. The van der Waals surface area contributed by atoms with Crippen LogP contribution in [-0.2, 0) is 10.0 Å². The fourth-order valence-corrected chi connectivity index (χ4v) is 1.82. The number of aliphatic hydroxyl groups is 1. The molecule has 1 aromatic heterocycles. The van der Waals surface area contributed by atoms with Gasteiger partial charge in [-0.2, -0.15) is 0 Å². The number of nitrogens with zero attached hydrogens (tertiary/aromatic N) is 2. The minimum absolute atomic E-state index is 0.0892. The normalized spacial score (nSPS) is 11.5. The lowest BCUT2D eigenvalue weighted by Gasteiger charge is -2.18. The molecule has 0 atom stereocenters. The van der Waals surface area contributed by atoms with Crippen LogP contribution in [0.4, 0.5) is 5.82 Å². The minimum atomic E-state index is -3.85. The SMILES string of the molecule is CN(CCO)c1nc(S(N)(=O)=O)ccc1Cl.